The molecule has 0 heterocycles. The van der Waals surface area contributed by atoms with Gasteiger partial charge in [0.25, 0.3) is 0 Å². The monoisotopic (exact) mass is 269 g/mol. The minimum atomic E-state index is -3.69. The van der Waals surface area contributed by atoms with E-state index in [1.807, 2.05) is 7.05 Å². The molecule has 0 amide bonds. The molecule has 4 N–H and O–H groups in total. The minimum Gasteiger partial charge on any atom is -0.397 e. The van der Waals surface area contributed by atoms with Crippen molar-refractivity contribution >= 4 is 21.4 Å². The Morgan fingerprint density at radius 1 is 1.28 bits per heavy atom. The molecule has 0 radical (unpaired) electrons. The van der Waals surface area contributed by atoms with Gasteiger partial charge in [0.2, 0.25) is 10.0 Å². The number of benzene rings is 1. The molecule has 0 spiro atoms. The van der Waals surface area contributed by atoms with Gasteiger partial charge < -0.3 is 10.6 Å². The minimum absolute atomic E-state index is 0.0589. The highest BCUT2D eigenvalue weighted by Gasteiger charge is 2.21. The average molecular weight is 269 g/mol. The van der Waals surface area contributed by atoms with E-state index in [4.69, 9.17) is 10.9 Å². The lowest BCUT2D eigenvalue weighted by Crippen LogP contribution is -2.29. The molecule has 0 aliphatic heterocycles. The number of anilines is 2. The first-order valence-corrected chi connectivity index (χ1v) is 7.59. The lowest BCUT2D eigenvalue weighted by molar-refractivity contribution is 0.598. The van der Waals surface area contributed by atoms with Gasteiger partial charge in [0, 0.05) is 13.1 Å². The number of primary sulfonamides is 1. The highest BCUT2D eigenvalue weighted by atomic mass is 32.2. The molecular formula is C12H19N3O2S. The summed E-state index contributed by atoms with van der Waals surface area (Å²) in [6.07, 6.45) is 4.80. The van der Waals surface area contributed by atoms with Crippen LogP contribution in [0.25, 0.3) is 0 Å². The Bertz CT molecular complexity index is 536. The summed E-state index contributed by atoms with van der Waals surface area (Å²) in [5, 5.41) is 5.08. The highest BCUT2D eigenvalue weighted by Crippen LogP contribution is 2.31. The van der Waals surface area contributed by atoms with E-state index in [0.29, 0.717) is 11.7 Å². The number of rotatable bonds is 3. The van der Waals surface area contributed by atoms with Crippen LogP contribution < -0.4 is 15.8 Å². The zero-order valence-corrected chi connectivity index (χ0v) is 11.3. The second-order valence-electron chi connectivity index (χ2n) is 4.81. The molecule has 18 heavy (non-hydrogen) atoms. The average Bonchev–Trinajstić information content (AvgIpc) is 2.80. The van der Waals surface area contributed by atoms with Crippen molar-refractivity contribution in [3.05, 3.63) is 18.2 Å². The van der Waals surface area contributed by atoms with Crippen LogP contribution in [0.5, 0.6) is 0 Å². The van der Waals surface area contributed by atoms with E-state index >= 15 is 0 Å². The van der Waals surface area contributed by atoms with Gasteiger partial charge >= 0.3 is 0 Å². The molecule has 100 valence electrons. The second kappa shape index (κ2) is 4.78. The lowest BCUT2D eigenvalue weighted by Gasteiger charge is -2.27. The predicted octanol–water partition coefficient (Wildman–Crippen LogP) is 1.29. The molecule has 6 heteroatoms. The summed E-state index contributed by atoms with van der Waals surface area (Å²) in [7, 11) is -1.69. The summed E-state index contributed by atoms with van der Waals surface area (Å²) >= 11 is 0. The predicted molar refractivity (Wildman–Crippen MR) is 72.9 cm³/mol. The first kappa shape index (κ1) is 13.2. The lowest BCUT2D eigenvalue weighted by atomic mass is 10.2. The Morgan fingerprint density at radius 3 is 2.39 bits per heavy atom. The van der Waals surface area contributed by atoms with E-state index in [9.17, 15) is 8.42 Å². The van der Waals surface area contributed by atoms with Gasteiger partial charge in [-0.15, -0.1) is 0 Å². The quantitative estimate of drug-likeness (QED) is 0.809. The smallest absolute Gasteiger partial charge is 0.238 e. The van der Waals surface area contributed by atoms with E-state index in [0.717, 1.165) is 18.5 Å². The van der Waals surface area contributed by atoms with Crippen LogP contribution >= 0.6 is 0 Å². The first-order valence-electron chi connectivity index (χ1n) is 6.05. The van der Waals surface area contributed by atoms with Gasteiger partial charge in [-0.3, -0.25) is 0 Å². The van der Waals surface area contributed by atoms with E-state index in [2.05, 4.69) is 4.90 Å². The van der Waals surface area contributed by atoms with Crippen LogP contribution in [0.3, 0.4) is 0 Å². The highest BCUT2D eigenvalue weighted by molar-refractivity contribution is 7.89. The first-order chi connectivity index (χ1) is 8.39. The van der Waals surface area contributed by atoms with Crippen molar-refractivity contribution in [3.8, 4) is 0 Å². The standard InChI is InChI=1S/C12H19N3O2S/c1-15(9-4-2-3-5-9)12-7-6-10(8-11(12)13)18(14,16)17/h6-9H,2-5,13H2,1H3,(H2,14,16,17). The molecular weight excluding hydrogens is 250 g/mol. The van der Waals surface area contributed by atoms with Crippen LogP contribution in [0.1, 0.15) is 25.7 Å². The number of sulfonamides is 1. The fourth-order valence-electron chi connectivity index (χ4n) is 2.52. The van der Waals surface area contributed by atoms with Gasteiger partial charge in [-0.1, -0.05) is 12.8 Å². The van der Waals surface area contributed by atoms with Gasteiger partial charge in [-0.2, -0.15) is 0 Å². The van der Waals surface area contributed by atoms with E-state index in [-0.39, 0.29) is 4.90 Å². The van der Waals surface area contributed by atoms with Crippen molar-refractivity contribution in [2.75, 3.05) is 17.7 Å². The van der Waals surface area contributed by atoms with E-state index < -0.39 is 10.0 Å². The summed E-state index contributed by atoms with van der Waals surface area (Å²) < 4.78 is 22.5. The van der Waals surface area contributed by atoms with Crippen molar-refractivity contribution in [2.24, 2.45) is 5.14 Å². The maximum Gasteiger partial charge on any atom is 0.238 e. The number of nitrogens with zero attached hydrogens (tertiary/aromatic N) is 1. The summed E-state index contributed by atoms with van der Waals surface area (Å²) in [5.74, 6) is 0. The molecule has 1 aliphatic rings. The van der Waals surface area contributed by atoms with Crippen molar-refractivity contribution in [2.45, 2.75) is 36.6 Å². The van der Waals surface area contributed by atoms with Crippen molar-refractivity contribution in [1.82, 2.24) is 0 Å². The Morgan fingerprint density at radius 2 is 1.89 bits per heavy atom. The molecule has 5 nitrogen and oxygen atoms in total. The summed E-state index contributed by atoms with van der Waals surface area (Å²) in [5.41, 5.74) is 7.25. The second-order valence-corrected chi connectivity index (χ2v) is 6.38. The molecule has 0 unspecified atom stereocenters. The van der Waals surface area contributed by atoms with Crippen LogP contribution in [0.2, 0.25) is 0 Å². The molecule has 0 bridgehead atoms. The molecule has 1 aromatic rings. The van der Waals surface area contributed by atoms with Crippen LogP contribution in [-0.2, 0) is 10.0 Å². The van der Waals surface area contributed by atoms with Crippen molar-refractivity contribution in [3.63, 3.8) is 0 Å². The maximum atomic E-state index is 11.2. The number of nitrogen functional groups attached to an aromatic ring is 1. The molecule has 1 saturated carbocycles. The van der Waals surface area contributed by atoms with Crippen LogP contribution in [0.4, 0.5) is 11.4 Å². The fraction of sp³-hybridized carbons (Fsp3) is 0.500. The summed E-state index contributed by atoms with van der Waals surface area (Å²) in [6, 6.07) is 5.16. The fourth-order valence-corrected chi connectivity index (χ4v) is 3.07. The van der Waals surface area contributed by atoms with Crippen molar-refractivity contribution in [1.29, 1.82) is 0 Å². The molecule has 0 saturated heterocycles. The van der Waals surface area contributed by atoms with E-state index in [1.165, 1.54) is 25.0 Å². The van der Waals surface area contributed by atoms with Gasteiger partial charge in [0.1, 0.15) is 0 Å². The Balaban J connectivity index is 2.29. The van der Waals surface area contributed by atoms with E-state index in [1.54, 1.807) is 6.07 Å². The summed E-state index contributed by atoms with van der Waals surface area (Å²) in [6.45, 7) is 0. The Hall–Kier alpha value is -1.27. The number of hydrogen-bond acceptors (Lipinski definition) is 4. The van der Waals surface area contributed by atoms with Gasteiger partial charge in [-0.25, -0.2) is 13.6 Å². The van der Waals surface area contributed by atoms with Crippen LogP contribution in [0, 0.1) is 0 Å². The molecule has 0 aromatic heterocycles. The zero-order valence-electron chi connectivity index (χ0n) is 10.5. The third-order valence-corrected chi connectivity index (χ3v) is 4.49. The van der Waals surface area contributed by atoms with Gasteiger partial charge in [0.05, 0.1) is 16.3 Å². The SMILES string of the molecule is CN(c1ccc(S(N)(=O)=O)cc1N)C1CCCC1. The molecule has 0 atom stereocenters. The Labute approximate surface area is 108 Å². The molecule has 2 rings (SSSR count). The molecule has 1 aromatic carbocycles. The van der Waals surface area contributed by atoms with Gasteiger partial charge in [0.15, 0.2) is 0 Å². The van der Waals surface area contributed by atoms with Crippen LogP contribution in [0.15, 0.2) is 23.1 Å². The number of nitrogens with two attached hydrogens (primary N) is 2. The third kappa shape index (κ3) is 2.59. The summed E-state index contributed by atoms with van der Waals surface area (Å²) in [4.78, 5) is 2.19. The van der Waals surface area contributed by atoms with Crippen LogP contribution in [-0.4, -0.2) is 21.5 Å². The largest absolute Gasteiger partial charge is 0.397 e. The van der Waals surface area contributed by atoms with Gasteiger partial charge in [-0.05, 0) is 31.0 Å². The zero-order chi connectivity index (χ0) is 13.3. The molecule has 1 fully saturated rings. The van der Waals surface area contributed by atoms with Crippen molar-refractivity contribution < 1.29 is 8.42 Å². The number of hydrogen-bond donors (Lipinski definition) is 2. The topological polar surface area (TPSA) is 89.4 Å². The third-order valence-electron chi connectivity index (χ3n) is 3.58. The Kier molecular flexibility index (Phi) is 3.49. The molecule has 1 aliphatic carbocycles. The maximum absolute atomic E-state index is 11.2. The normalized spacial score (nSPS) is 17.0.